The third-order valence-corrected chi connectivity index (χ3v) is 4.12. The molecule has 0 bridgehead atoms. The number of hydrogen-bond acceptors (Lipinski definition) is 3. The normalized spacial score (nSPS) is 14.1. The van der Waals surface area contributed by atoms with Crippen molar-refractivity contribution in [3.8, 4) is 0 Å². The predicted molar refractivity (Wildman–Crippen MR) is 92.9 cm³/mol. The first kappa shape index (κ1) is 18.0. The molecule has 1 heterocycles. The molecule has 0 saturated heterocycles. The van der Waals surface area contributed by atoms with E-state index < -0.39 is 0 Å². The van der Waals surface area contributed by atoms with Crippen molar-refractivity contribution >= 4 is 5.69 Å². The van der Waals surface area contributed by atoms with Crippen LogP contribution in [0.3, 0.4) is 0 Å². The molecular weight excluding hydrogens is 258 g/mol. The summed E-state index contributed by atoms with van der Waals surface area (Å²) >= 11 is 0. The van der Waals surface area contributed by atoms with Crippen LogP contribution in [0.4, 0.5) is 5.69 Å². The zero-order valence-electron chi connectivity index (χ0n) is 15.3. The van der Waals surface area contributed by atoms with Gasteiger partial charge in [0.15, 0.2) is 0 Å². The fraction of sp³-hybridized carbons (Fsp3) is 0.722. The maximum Gasteiger partial charge on any atom is 0.0445 e. The third-order valence-electron chi connectivity index (χ3n) is 4.12. The molecule has 1 aromatic rings. The standard InChI is InChI=1S/C18H33N3/c1-13-10-16(21(9)14(2)17(3,4)5)15(11-19-13)12-20-18(6,7)8/h10-11,14,20H,12H2,1-9H3. The van der Waals surface area contributed by atoms with E-state index in [1.165, 1.54) is 11.3 Å². The van der Waals surface area contributed by atoms with Crippen molar-refractivity contribution in [2.75, 3.05) is 11.9 Å². The Morgan fingerprint density at radius 3 is 2.24 bits per heavy atom. The molecule has 1 atom stereocenters. The molecular formula is C18H33N3. The number of anilines is 1. The van der Waals surface area contributed by atoms with Gasteiger partial charge in [0.25, 0.3) is 0 Å². The minimum atomic E-state index is 0.108. The van der Waals surface area contributed by atoms with E-state index in [9.17, 15) is 0 Å². The van der Waals surface area contributed by atoms with Crippen LogP contribution in [0, 0.1) is 12.3 Å². The Bertz CT molecular complexity index is 466. The number of nitrogens with zero attached hydrogens (tertiary/aromatic N) is 2. The Morgan fingerprint density at radius 2 is 1.76 bits per heavy atom. The molecule has 3 nitrogen and oxygen atoms in total. The van der Waals surface area contributed by atoms with Gasteiger partial charge in [-0.3, -0.25) is 4.98 Å². The molecule has 0 aromatic carbocycles. The second kappa shape index (κ2) is 6.35. The zero-order chi connectivity index (χ0) is 16.4. The molecule has 0 aliphatic heterocycles. The van der Waals surface area contributed by atoms with E-state index in [1.54, 1.807) is 0 Å². The van der Waals surface area contributed by atoms with Crippen LogP contribution in [0.5, 0.6) is 0 Å². The number of aromatic nitrogens is 1. The molecule has 3 heteroatoms. The summed E-state index contributed by atoms with van der Waals surface area (Å²) in [6.07, 6.45) is 2.01. The predicted octanol–water partition coefficient (Wildman–Crippen LogP) is 4.15. The lowest BCUT2D eigenvalue weighted by Gasteiger charge is -2.38. The molecule has 0 saturated carbocycles. The molecule has 0 aliphatic carbocycles. The molecule has 1 rings (SSSR count). The van der Waals surface area contributed by atoms with Gasteiger partial charge in [-0.1, -0.05) is 20.8 Å². The first-order valence-electron chi connectivity index (χ1n) is 7.85. The summed E-state index contributed by atoms with van der Waals surface area (Å²) in [4.78, 5) is 6.86. The number of rotatable bonds is 4. The van der Waals surface area contributed by atoms with Crippen LogP contribution in [-0.2, 0) is 6.54 Å². The van der Waals surface area contributed by atoms with Gasteiger partial charge in [0.2, 0.25) is 0 Å². The fourth-order valence-electron chi connectivity index (χ4n) is 2.19. The van der Waals surface area contributed by atoms with Crippen LogP contribution in [0.1, 0.15) is 59.7 Å². The van der Waals surface area contributed by atoms with Gasteiger partial charge in [-0.2, -0.15) is 0 Å². The van der Waals surface area contributed by atoms with Gasteiger partial charge in [-0.15, -0.1) is 0 Å². The van der Waals surface area contributed by atoms with Crippen molar-refractivity contribution in [1.29, 1.82) is 0 Å². The summed E-state index contributed by atoms with van der Waals surface area (Å²) in [6, 6.07) is 2.65. The highest BCUT2D eigenvalue weighted by Crippen LogP contribution is 2.29. The van der Waals surface area contributed by atoms with Gasteiger partial charge < -0.3 is 10.2 Å². The molecule has 0 radical (unpaired) electrons. The largest absolute Gasteiger partial charge is 0.371 e. The second-order valence-electron chi connectivity index (χ2n) is 8.21. The number of hydrogen-bond donors (Lipinski definition) is 1. The van der Waals surface area contributed by atoms with Crippen molar-refractivity contribution in [2.24, 2.45) is 5.41 Å². The maximum absolute atomic E-state index is 4.48. The molecule has 120 valence electrons. The number of aryl methyl sites for hydroxylation is 1. The smallest absolute Gasteiger partial charge is 0.0445 e. The van der Waals surface area contributed by atoms with Crippen molar-refractivity contribution in [3.63, 3.8) is 0 Å². The highest BCUT2D eigenvalue weighted by molar-refractivity contribution is 5.54. The first-order valence-corrected chi connectivity index (χ1v) is 7.85. The molecule has 0 aliphatic rings. The van der Waals surface area contributed by atoms with E-state index >= 15 is 0 Å². The molecule has 1 unspecified atom stereocenters. The fourth-order valence-corrected chi connectivity index (χ4v) is 2.19. The third kappa shape index (κ3) is 5.31. The van der Waals surface area contributed by atoms with E-state index in [0.29, 0.717) is 6.04 Å². The van der Waals surface area contributed by atoms with Crippen LogP contribution in [0.2, 0.25) is 0 Å². The monoisotopic (exact) mass is 291 g/mol. The number of nitrogens with one attached hydrogen (secondary N) is 1. The average Bonchev–Trinajstić information content (AvgIpc) is 2.33. The minimum Gasteiger partial charge on any atom is -0.371 e. The first-order chi connectivity index (χ1) is 9.42. The summed E-state index contributed by atoms with van der Waals surface area (Å²) in [6.45, 7) is 18.6. The van der Waals surface area contributed by atoms with Crippen LogP contribution < -0.4 is 10.2 Å². The second-order valence-corrected chi connectivity index (χ2v) is 8.21. The van der Waals surface area contributed by atoms with Crippen LogP contribution in [0.15, 0.2) is 12.3 Å². The van der Waals surface area contributed by atoms with Gasteiger partial charge in [0, 0.05) is 48.3 Å². The Balaban J connectivity index is 3.07. The van der Waals surface area contributed by atoms with Crippen molar-refractivity contribution < 1.29 is 0 Å². The molecule has 1 aromatic heterocycles. The zero-order valence-corrected chi connectivity index (χ0v) is 15.3. The van der Waals surface area contributed by atoms with Gasteiger partial charge in [0.1, 0.15) is 0 Å². The lowest BCUT2D eigenvalue weighted by Crippen LogP contribution is -2.41. The van der Waals surface area contributed by atoms with Crippen LogP contribution in [-0.4, -0.2) is 23.6 Å². The summed E-state index contributed by atoms with van der Waals surface area (Å²) < 4.78 is 0. The lowest BCUT2D eigenvalue weighted by molar-refractivity contribution is 0.329. The molecule has 21 heavy (non-hydrogen) atoms. The van der Waals surface area contributed by atoms with Gasteiger partial charge in [-0.25, -0.2) is 0 Å². The molecule has 1 N–H and O–H groups in total. The number of pyridine rings is 1. The van der Waals surface area contributed by atoms with Gasteiger partial charge >= 0.3 is 0 Å². The molecule has 0 spiro atoms. The van der Waals surface area contributed by atoms with Crippen LogP contribution >= 0.6 is 0 Å². The van der Waals surface area contributed by atoms with Gasteiger partial charge in [-0.05, 0) is 46.1 Å². The highest BCUT2D eigenvalue weighted by atomic mass is 15.1. The maximum atomic E-state index is 4.48. The van der Waals surface area contributed by atoms with E-state index in [-0.39, 0.29) is 11.0 Å². The quantitative estimate of drug-likeness (QED) is 0.903. The Morgan fingerprint density at radius 1 is 1.19 bits per heavy atom. The van der Waals surface area contributed by atoms with Crippen molar-refractivity contribution in [2.45, 2.75) is 73.5 Å². The molecule has 0 amide bonds. The van der Waals surface area contributed by atoms with Crippen LogP contribution in [0.25, 0.3) is 0 Å². The van der Waals surface area contributed by atoms with Crippen molar-refractivity contribution in [1.82, 2.24) is 10.3 Å². The van der Waals surface area contributed by atoms with Gasteiger partial charge in [0.05, 0.1) is 0 Å². The Hall–Kier alpha value is -1.09. The lowest BCUT2D eigenvalue weighted by atomic mass is 9.86. The SMILES string of the molecule is Cc1cc(N(C)C(C)C(C)(C)C)c(CNC(C)(C)C)cn1. The Labute approximate surface area is 131 Å². The molecule has 0 fully saturated rings. The average molecular weight is 291 g/mol. The summed E-state index contributed by atoms with van der Waals surface area (Å²) in [5, 5.41) is 3.56. The summed E-state index contributed by atoms with van der Waals surface area (Å²) in [5.41, 5.74) is 3.95. The topological polar surface area (TPSA) is 28.2 Å². The van der Waals surface area contributed by atoms with E-state index in [0.717, 1.165) is 12.2 Å². The van der Waals surface area contributed by atoms with E-state index in [4.69, 9.17) is 0 Å². The van der Waals surface area contributed by atoms with E-state index in [2.05, 4.69) is 83.7 Å². The van der Waals surface area contributed by atoms with Crippen molar-refractivity contribution in [3.05, 3.63) is 23.5 Å². The van der Waals surface area contributed by atoms with E-state index in [1.807, 2.05) is 6.20 Å². The summed E-state index contributed by atoms with van der Waals surface area (Å²) in [7, 11) is 2.19. The Kier molecular flexibility index (Phi) is 5.43. The minimum absolute atomic E-state index is 0.108. The summed E-state index contributed by atoms with van der Waals surface area (Å²) in [5.74, 6) is 0. The highest BCUT2D eigenvalue weighted by Gasteiger charge is 2.25.